The molecule has 0 radical (unpaired) electrons. The van der Waals surface area contributed by atoms with Crippen LogP contribution in [0, 0.1) is 5.92 Å². The maximum absolute atomic E-state index is 11.1. The molecule has 0 aliphatic heterocycles. The molecule has 1 atom stereocenters. The molecule has 0 aromatic rings. The van der Waals surface area contributed by atoms with Crippen molar-refractivity contribution in [3.05, 3.63) is 0 Å². The van der Waals surface area contributed by atoms with Crippen molar-refractivity contribution in [1.29, 1.82) is 0 Å². The lowest BCUT2D eigenvalue weighted by Gasteiger charge is -2.10. The summed E-state index contributed by atoms with van der Waals surface area (Å²) in [7, 11) is 0. The third-order valence-electron chi connectivity index (χ3n) is 1.28. The first-order valence-corrected chi connectivity index (χ1v) is 4.77. The Balaban J connectivity index is 0. The van der Waals surface area contributed by atoms with E-state index < -0.39 is 0 Å². The number of rotatable bonds is 4. The van der Waals surface area contributed by atoms with Gasteiger partial charge in [-0.05, 0) is 6.26 Å². The zero-order valence-corrected chi connectivity index (χ0v) is 7.57. The SMILES string of the molecule is CSC[C@H](N)C(=O)C(C)C.[HH]. The molecule has 62 valence electrons. The molecule has 0 saturated heterocycles. The van der Waals surface area contributed by atoms with Gasteiger partial charge in [-0.3, -0.25) is 4.79 Å². The fraction of sp³-hybridized carbons (Fsp3) is 0.857. The van der Waals surface area contributed by atoms with Crippen molar-refractivity contribution in [3.8, 4) is 0 Å². The number of hydrogen-bond acceptors (Lipinski definition) is 3. The molecule has 0 bridgehead atoms. The summed E-state index contributed by atoms with van der Waals surface area (Å²) < 4.78 is 0. The van der Waals surface area contributed by atoms with Crippen LogP contribution >= 0.6 is 11.8 Å². The largest absolute Gasteiger partial charge is 0.321 e. The van der Waals surface area contributed by atoms with Gasteiger partial charge in [0.1, 0.15) is 0 Å². The van der Waals surface area contributed by atoms with E-state index in [1.54, 1.807) is 11.8 Å². The molecule has 0 unspecified atom stereocenters. The molecule has 3 heteroatoms. The highest BCUT2D eigenvalue weighted by Crippen LogP contribution is 2.02. The van der Waals surface area contributed by atoms with Crippen molar-refractivity contribution in [1.82, 2.24) is 0 Å². The normalized spacial score (nSPS) is 13.7. The average molecular weight is 163 g/mol. The fourth-order valence-electron chi connectivity index (χ4n) is 0.690. The molecule has 2 N–H and O–H groups in total. The van der Waals surface area contributed by atoms with Gasteiger partial charge in [-0.15, -0.1) is 0 Å². The van der Waals surface area contributed by atoms with E-state index in [2.05, 4.69) is 0 Å². The summed E-state index contributed by atoms with van der Waals surface area (Å²) in [5.74, 6) is 0.966. The molecule has 0 spiro atoms. The molecule has 0 aliphatic rings. The number of ketones is 1. The van der Waals surface area contributed by atoms with Crippen molar-refractivity contribution in [2.75, 3.05) is 12.0 Å². The molecule has 0 heterocycles. The monoisotopic (exact) mass is 163 g/mol. The second kappa shape index (κ2) is 4.74. The van der Waals surface area contributed by atoms with Gasteiger partial charge in [-0.1, -0.05) is 13.8 Å². The molecule has 0 rings (SSSR count). The highest BCUT2D eigenvalue weighted by atomic mass is 32.2. The molecule has 0 aliphatic carbocycles. The van der Waals surface area contributed by atoms with Crippen LogP contribution < -0.4 is 5.73 Å². The average Bonchev–Trinajstić information content (AvgIpc) is 1.87. The first kappa shape index (κ1) is 9.98. The molecular formula is C7H17NOS. The number of carbonyl (C=O) groups excluding carboxylic acids is 1. The van der Waals surface area contributed by atoms with E-state index in [-0.39, 0.29) is 19.2 Å². The van der Waals surface area contributed by atoms with Crippen LogP contribution in [0.25, 0.3) is 0 Å². The summed E-state index contributed by atoms with van der Waals surface area (Å²) in [6.07, 6.45) is 1.95. The third-order valence-corrected chi connectivity index (χ3v) is 1.97. The van der Waals surface area contributed by atoms with Crippen molar-refractivity contribution >= 4 is 17.5 Å². The van der Waals surface area contributed by atoms with Gasteiger partial charge in [0.25, 0.3) is 0 Å². The Morgan fingerprint density at radius 1 is 1.70 bits per heavy atom. The van der Waals surface area contributed by atoms with E-state index in [0.29, 0.717) is 0 Å². The number of hydrogen-bond donors (Lipinski definition) is 1. The lowest BCUT2D eigenvalue weighted by Crippen LogP contribution is -2.35. The van der Waals surface area contributed by atoms with Crippen LogP contribution in [0.4, 0.5) is 0 Å². The number of thioether (sulfide) groups is 1. The lowest BCUT2D eigenvalue weighted by atomic mass is 10.0. The quantitative estimate of drug-likeness (QED) is 0.676. The topological polar surface area (TPSA) is 43.1 Å². The Morgan fingerprint density at radius 2 is 2.20 bits per heavy atom. The second-order valence-corrected chi connectivity index (χ2v) is 3.53. The molecular weight excluding hydrogens is 146 g/mol. The van der Waals surface area contributed by atoms with E-state index in [4.69, 9.17) is 5.73 Å². The van der Waals surface area contributed by atoms with Crippen LogP contribution in [-0.2, 0) is 4.79 Å². The zero-order chi connectivity index (χ0) is 8.15. The Bertz CT molecular complexity index is 119. The minimum atomic E-state index is -0.269. The first-order valence-electron chi connectivity index (χ1n) is 3.37. The standard InChI is InChI=1S/C7H15NOS.H2/c1-5(2)7(9)6(8)4-10-3;/h5-6H,4,8H2,1-3H3;1H/t6-;/m0./s1. The smallest absolute Gasteiger partial charge is 0.152 e. The molecule has 10 heavy (non-hydrogen) atoms. The van der Waals surface area contributed by atoms with Gasteiger partial charge in [-0.25, -0.2) is 0 Å². The van der Waals surface area contributed by atoms with Crippen LogP contribution in [0.5, 0.6) is 0 Å². The maximum atomic E-state index is 11.1. The van der Waals surface area contributed by atoms with Crippen LogP contribution in [0.15, 0.2) is 0 Å². The van der Waals surface area contributed by atoms with Crippen LogP contribution in [0.1, 0.15) is 15.3 Å². The minimum Gasteiger partial charge on any atom is -0.321 e. The third kappa shape index (κ3) is 3.22. The highest BCUT2D eigenvalue weighted by Gasteiger charge is 2.15. The van der Waals surface area contributed by atoms with Crippen molar-refractivity contribution in [2.45, 2.75) is 19.9 Å². The van der Waals surface area contributed by atoms with E-state index in [0.717, 1.165) is 5.75 Å². The van der Waals surface area contributed by atoms with Gasteiger partial charge in [0.15, 0.2) is 5.78 Å². The summed E-state index contributed by atoms with van der Waals surface area (Å²) in [4.78, 5) is 11.1. The maximum Gasteiger partial charge on any atom is 0.152 e. The molecule has 0 fully saturated rings. The van der Waals surface area contributed by atoms with Gasteiger partial charge in [0.05, 0.1) is 6.04 Å². The molecule has 0 saturated carbocycles. The van der Waals surface area contributed by atoms with Crippen LogP contribution in [0.2, 0.25) is 0 Å². The Morgan fingerprint density at radius 3 is 2.50 bits per heavy atom. The first-order chi connectivity index (χ1) is 4.59. The Labute approximate surface area is 68.0 Å². The van der Waals surface area contributed by atoms with Gasteiger partial charge >= 0.3 is 0 Å². The Hall–Kier alpha value is -0.0200. The number of Topliss-reactive ketones (excluding diaryl/α,β-unsaturated/α-hetero) is 1. The summed E-state index contributed by atoms with van der Waals surface area (Å²) in [5.41, 5.74) is 5.56. The highest BCUT2D eigenvalue weighted by molar-refractivity contribution is 7.98. The summed E-state index contributed by atoms with van der Waals surface area (Å²) in [6, 6.07) is -0.269. The molecule has 0 aromatic carbocycles. The number of carbonyl (C=O) groups is 1. The lowest BCUT2D eigenvalue weighted by molar-refractivity contribution is -0.122. The summed E-state index contributed by atoms with van der Waals surface area (Å²) in [6.45, 7) is 3.76. The number of nitrogens with two attached hydrogens (primary N) is 1. The zero-order valence-electron chi connectivity index (χ0n) is 6.76. The van der Waals surface area contributed by atoms with Crippen molar-refractivity contribution < 1.29 is 6.22 Å². The molecule has 0 aromatic heterocycles. The molecule has 2 nitrogen and oxygen atoms in total. The predicted octanol–water partition coefficient (Wildman–Crippen LogP) is 1.15. The van der Waals surface area contributed by atoms with Gasteiger partial charge < -0.3 is 5.73 Å². The summed E-state index contributed by atoms with van der Waals surface area (Å²) in [5, 5.41) is 0. The molecule has 0 amide bonds. The van der Waals surface area contributed by atoms with E-state index in [1.807, 2.05) is 20.1 Å². The van der Waals surface area contributed by atoms with E-state index in [9.17, 15) is 4.79 Å². The predicted molar refractivity (Wildman–Crippen MR) is 48.3 cm³/mol. The van der Waals surface area contributed by atoms with Gasteiger partial charge in [-0.2, -0.15) is 11.8 Å². The fourth-order valence-corrected chi connectivity index (χ4v) is 1.21. The van der Waals surface area contributed by atoms with Crippen molar-refractivity contribution in [2.24, 2.45) is 11.7 Å². The minimum absolute atomic E-state index is 0. The van der Waals surface area contributed by atoms with E-state index >= 15 is 0 Å². The van der Waals surface area contributed by atoms with Crippen LogP contribution in [-0.4, -0.2) is 23.8 Å². The van der Waals surface area contributed by atoms with Gasteiger partial charge in [0, 0.05) is 13.1 Å². The van der Waals surface area contributed by atoms with Gasteiger partial charge in [0.2, 0.25) is 0 Å². The van der Waals surface area contributed by atoms with Crippen LogP contribution in [0.3, 0.4) is 0 Å². The second-order valence-electron chi connectivity index (χ2n) is 2.62. The van der Waals surface area contributed by atoms with Crippen molar-refractivity contribution in [3.63, 3.8) is 0 Å². The summed E-state index contributed by atoms with van der Waals surface area (Å²) >= 11 is 1.61. The Kier molecular flexibility index (Phi) is 4.73. The van der Waals surface area contributed by atoms with E-state index in [1.165, 1.54) is 0 Å².